The molecular weight excluding hydrogens is 296 g/mol. The second-order valence-corrected chi connectivity index (χ2v) is 6.62. The molecule has 21 heavy (non-hydrogen) atoms. The molecule has 0 bridgehead atoms. The Kier molecular flexibility index (Phi) is 3.71. The minimum absolute atomic E-state index is 0.0347. The first-order chi connectivity index (χ1) is 9.73. The molecule has 1 heterocycles. The molecule has 0 aliphatic carbocycles. The van der Waals surface area contributed by atoms with E-state index in [4.69, 9.17) is 10.8 Å². The van der Waals surface area contributed by atoms with Crippen LogP contribution in [0.3, 0.4) is 0 Å². The van der Waals surface area contributed by atoms with Gasteiger partial charge in [0.25, 0.3) is 0 Å². The number of sulfonamides is 1. The number of carboxylic acid groups (broad SMARTS) is 1. The zero-order valence-corrected chi connectivity index (χ0v) is 12.2. The number of aromatic nitrogens is 2. The molecular formula is C12H14N4O4S. The van der Waals surface area contributed by atoms with E-state index in [9.17, 15) is 13.2 Å². The van der Waals surface area contributed by atoms with Crippen molar-refractivity contribution >= 4 is 21.7 Å². The molecule has 0 unspecified atom stereocenters. The lowest BCUT2D eigenvalue weighted by molar-refractivity contribution is 0.0691. The van der Waals surface area contributed by atoms with Crippen LogP contribution in [0, 0.1) is 0 Å². The van der Waals surface area contributed by atoms with E-state index in [1.807, 2.05) is 0 Å². The van der Waals surface area contributed by atoms with Crippen LogP contribution in [0.5, 0.6) is 0 Å². The van der Waals surface area contributed by atoms with Gasteiger partial charge in [0.2, 0.25) is 10.0 Å². The van der Waals surface area contributed by atoms with Gasteiger partial charge in [0, 0.05) is 14.1 Å². The van der Waals surface area contributed by atoms with Gasteiger partial charge in [-0.2, -0.15) is 5.10 Å². The summed E-state index contributed by atoms with van der Waals surface area (Å²) < 4.78 is 26.3. The minimum Gasteiger partial charge on any atom is -0.476 e. The molecule has 0 fully saturated rings. The highest BCUT2D eigenvalue weighted by atomic mass is 32.2. The Balaban J connectivity index is 2.40. The number of carbonyl (C=O) groups is 1. The molecule has 112 valence electrons. The number of benzene rings is 1. The third-order valence-electron chi connectivity index (χ3n) is 2.82. The molecule has 0 spiro atoms. The molecule has 0 saturated heterocycles. The average Bonchev–Trinajstić information content (AvgIpc) is 2.81. The molecule has 8 nitrogen and oxygen atoms in total. The minimum atomic E-state index is -3.51. The Bertz CT molecular complexity index is 778. The predicted molar refractivity (Wildman–Crippen MR) is 75.8 cm³/mol. The Hall–Kier alpha value is -2.39. The number of nitrogens with zero attached hydrogens (tertiary/aromatic N) is 3. The highest BCUT2D eigenvalue weighted by molar-refractivity contribution is 7.89. The molecule has 0 atom stereocenters. The summed E-state index contributed by atoms with van der Waals surface area (Å²) in [5.74, 6) is -1.22. The highest BCUT2D eigenvalue weighted by Gasteiger charge is 2.18. The molecule has 1 aromatic heterocycles. The second-order valence-electron chi connectivity index (χ2n) is 4.46. The molecule has 0 aliphatic heterocycles. The fraction of sp³-hybridized carbons (Fsp3) is 0.167. The largest absolute Gasteiger partial charge is 0.476 e. The summed E-state index contributed by atoms with van der Waals surface area (Å²) in [6.45, 7) is 0. The van der Waals surface area contributed by atoms with E-state index in [-0.39, 0.29) is 16.3 Å². The summed E-state index contributed by atoms with van der Waals surface area (Å²) in [6, 6.07) is 5.88. The van der Waals surface area contributed by atoms with Crippen LogP contribution in [-0.2, 0) is 10.0 Å². The lowest BCUT2D eigenvalue weighted by Crippen LogP contribution is -2.22. The molecule has 3 N–H and O–H groups in total. The number of nitrogen functional groups attached to an aromatic ring is 1. The van der Waals surface area contributed by atoms with Crippen LogP contribution < -0.4 is 5.73 Å². The third kappa shape index (κ3) is 2.73. The van der Waals surface area contributed by atoms with Gasteiger partial charge in [-0.3, -0.25) is 0 Å². The van der Waals surface area contributed by atoms with Gasteiger partial charge in [0.15, 0.2) is 5.69 Å². The van der Waals surface area contributed by atoms with Gasteiger partial charge in [-0.25, -0.2) is 22.2 Å². The van der Waals surface area contributed by atoms with Crippen LogP contribution in [-0.4, -0.2) is 47.7 Å². The first-order valence-corrected chi connectivity index (χ1v) is 7.29. The first kappa shape index (κ1) is 15.0. The number of anilines is 1. The van der Waals surface area contributed by atoms with Crippen LogP contribution in [0.15, 0.2) is 35.4 Å². The molecule has 1 aromatic carbocycles. The van der Waals surface area contributed by atoms with Crippen molar-refractivity contribution in [3.63, 3.8) is 0 Å². The van der Waals surface area contributed by atoms with Gasteiger partial charge in [-0.15, -0.1) is 0 Å². The summed E-state index contributed by atoms with van der Waals surface area (Å²) in [4.78, 5) is 11.0. The fourth-order valence-electron chi connectivity index (χ4n) is 1.67. The summed E-state index contributed by atoms with van der Waals surface area (Å²) in [6.07, 6.45) is 1.36. The van der Waals surface area contributed by atoms with E-state index in [1.165, 1.54) is 49.2 Å². The fourth-order valence-corrected chi connectivity index (χ4v) is 2.57. The van der Waals surface area contributed by atoms with Crippen LogP contribution in [0.25, 0.3) is 5.69 Å². The summed E-state index contributed by atoms with van der Waals surface area (Å²) in [7, 11) is -0.625. The topological polar surface area (TPSA) is 119 Å². The number of hydrogen-bond acceptors (Lipinski definition) is 5. The summed E-state index contributed by atoms with van der Waals surface area (Å²) >= 11 is 0. The lowest BCUT2D eigenvalue weighted by Gasteiger charge is -2.11. The maximum Gasteiger partial charge on any atom is 0.358 e. The monoisotopic (exact) mass is 310 g/mol. The van der Waals surface area contributed by atoms with Crippen LogP contribution >= 0.6 is 0 Å². The first-order valence-electron chi connectivity index (χ1n) is 5.85. The molecule has 0 aliphatic rings. The van der Waals surface area contributed by atoms with Gasteiger partial charge in [-0.05, 0) is 24.3 Å². The lowest BCUT2D eigenvalue weighted by atomic mass is 10.3. The quantitative estimate of drug-likeness (QED) is 0.844. The average molecular weight is 310 g/mol. The zero-order chi connectivity index (χ0) is 15.8. The van der Waals surface area contributed by atoms with E-state index in [0.717, 1.165) is 4.31 Å². The molecule has 2 rings (SSSR count). The van der Waals surface area contributed by atoms with E-state index in [1.54, 1.807) is 0 Å². The Morgan fingerprint density at radius 2 is 1.86 bits per heavy atom. The maximum atomic E-state index is 11.9. The van der Waals surface area contributed by atoms with Crippen molar-refractivity contribution < 1.29 is 18.3 Å². The van der Waals surface area contributed by atoms with Crippen LogP contribution in [0.4, 0.5) is 5.69 Å². The van der Waals surface area contributed by atoms with E-state index >= 15 is 0 Å². The van der Waals surface area contributed by atoms with E-state index < -0.39 is 16.0 Å². The Morgan fingerprint density at radius 1 is 1.29 bits per heavy atom. The smallest absolute Gasteiger partial charge is 0.358 e. The number of nitrogens with two attached hydrogens (primary N) is 1. The number of aromatic carboxylic acids is 1. The van der Waals surface area contributed by atoms with Crippen molar-refractivity contribution in [1.29, 1.82) is 0 Å². The molecule has 0 amide bonds. The van der Waals surface area contributed by atoms with E-state index in [0.29, 0.717) is 5.69 Å². The standard InChI is InChI=1S/C12H14N4O4S/c1-15(2)21(19,20)9-5-3-8(4-6-9)16-7-10(13)11(14-16)12(17)18/h3-7H,13H2,1-2H3,(H,17,18). The second kappa shape index (κ2) is 5.19. The normalized spacial score (nSPS) is 11.8. The Labute approximate surface area is 121 Å². The van der Waals surface area contributed by atoms with Gasteiger partial charge >= 0.3 is 5.97 Å². The van der Waals surface area contributed by atoms with Crippen LogP contribution in [0.2, 0.25) is 0 Å². The van der Waals surface area contributed by atoms with Crippen molar-refractivity contribution in [2.75, 3.05) is 19.8 Å². The van der Waals surface area contributed by atoms with Gasteiger partial charge in [-0.1, -0.05) is 0 Å². The van der Waals surface area contributed by atoms with Crippen LogP contribution in [0.1, 0.15) is 10.5 Å². The zero-order valence-electron chi connectivity index (χ0n) is 11.4. The van der Waals surface area contributed by atoms with Gasteiger partial charge in [0.05, 0.1) is 22.5 Å². The SMILES string of the molecule is CN(C)S(=O)(=O)c1ccc(-n2cc(N)c(C(=O)O)n2)cc1. The van der Waals surface area contributed by atoms with Crippen molar-refractivity contribution in [2.45, 2.75) is 4.90 Å². The maximum absolute atomic E-state index is 11.9. The molecule has 9 heteroatoms. The van der Waals surface area contributed by atoms with E-state index in [2.05, 4.69) is 5.10 Å². The molecule has 2 aromatic rings. The number of carboxylic acids is 1. The summed E-state index contributed by atoms with van der Waals surface area (Å²) in [5.41, 5.74) is 5.84. The van der Waals surface area contributed by atoms with Gasteiger partial charge in [0.1, 0.15) is 0 Å². The van der Waals surface area contributed by atoms with Crippen molar-refractivity contribution in [1.82, 2.24) is 14.1 Å². The van der Waals surface area contributed by atoms with Crippen molar-refractivity contribution in [2.24, 2.45) is 0 Å². The molecule has 0 saturated carbocycles. The third-order valence-corrected chi connectivity index (χ3v) is 4.65. The predicted octanol–water partition coefficient (Wildman–Crippen LogP) is 0.403. The number of rotatable bonds is 4. The van der Waals surface area contributed by atoms with Gasteiger partial charge < -0.3 is 10.8 Å². The summed E-state index contributed by atoms with van der Waals surface area (Å²) in [5, 5.41) is 12.7. The highest BCUT2D eigenvalue weighted by Crippen LogP contribution is 2.18. The Morgan fingerprint density at radius 3 is 2.29 bits per heavy atom. The van der Waals surface area contributed by atoms with Crippen molar-refractivity contribution in [3.8, 4) is 5.69 Å². The molecule has 0 radical (unpaired) electrons. The van der Waals surface area contributed by atoms with Crippen molar-refractivity contribution in [3.05, 3.63) is 36.2 Å². The number of hydrogen-bond donors (Lipinski definition) is 2.